The van der Waals surface area contributed by atoms with Crippen molar-refractivity contribution in [2.24, 2.45) is 0 Å². The van der Waals surface area contributed by atoms with Gasteiger partial charge < -0.3 is 10.6 Å². The fourth-order valence-electron chi connectivity index (χ4n) is 1.57. The van der Waals surface area contributed by atoms with E-state index in [0.717, 1.165) is 25.2 Å². The predicted molar refractivity (Wildman–Crippen MR) is 60.0 cm³/mol. The van der Waals surface area contributed by atoms with Crippen LogP contribution in [0.1, 0.15) is 11.1 Å². The molecule has 17 heavy (non-hydrogen) atoms. The van der Waals surface area contributed by atoms with Crippen LogP contribution >= 0.6 is 11.6 Å². The first kappa shape index (κ1) is 12.7. The van der Waals surface area contributed by atoms with Crippen molar-refractivity contribution in [3.8, 4) is 0 Å². The van der Waals surface area contributed by atoms with Gasteiger partial charge in [0.1, 0.15) is 0 Å². The van der Waals surface area contributed by atoms with Crippen LogP contribution in [0.15, 0.2) is 18.2 Å². The second-order valence-corrected chi connectivity index (χ2v) is 4.45. The van der Waals surface area contributed by atoms with E-state index in [1.807, 2.05) is 0 Å². The van der Waals surface area contributed by atoms with Crippen molar-refractivity contribution in [2.45, 2.75) is 18.8 Å². The molecule has 0 spiro atoms. The number of hydrogen-bond donors (Lipinski definition) is 2. The van der Waals surface area contributed by atoms with Gasteiger partial charge in [0.25, 0.3) is 0 Å². The fourth-order valence-corrected chi connectivity index (χ4v) is 1.76. The summed E-state index contributed by atoms with van der Waals surface area (Å²) in [4.78, 5) is 0. The first-order valence-electron chi connectivity index (χ1n) is 5.26. The van der Waals surface area contributed by atoms with E-state index in [0.29, 0.717) is 23.2 Å². The number of halogens is 4. The molecule has 2 nitrogen and oxygen atoms in total. The molecule has 2 N–H and O–H groups in total. The van der Waals surface area contributed by atoms with Crippen LogP contribution in [-0.4, -0.2) is 19.1 Å². The topological polar surface area (TPSA) is 24.1 Å². The van der Waals surface area contributed by atoms with Gasteiger partial charge in [-0.25, -0.2) is 0 Å². The van der Waals surface area contributed by atoms with Crippen LogP contribution in [0.2, 0.25) is 5.02 Å². The molecule has 1 aliphatic rings. The first-order chi connectivity index (χ1) is 7.97. The average Bonchev–Trinajstić information content (AvgIpc) is 2.16. The molecule has 0 amide bonds. The largest absolute Gasteiger partial charge is 0.416 e. The van der Waals surface area contributed by atoms with Crippen molar-refractivity contribution in [1.29, 1.82) is 0 Å². The SMILES string of the molecule is FC(F)(F)c1ccc(Cl)c(CNC2CNC2)c1. The van der Waals surface area contributed by atoms with Gasteiger partial charge >= 0.3 is 6.18 Å². The van der Waals surface area contributed by atoms with Gasteiger partial charge in [0.2, 0.25) is 0 Å². The Kier molecular flexibility index (Phi) is 3.61. The maximum absolute atomic E-state index is 12.5. The zero-order valence-corrected chi connectivity index (χ0v) is 9.70. The second-order valence-electron chi connectivity index (χ2n) is 4.04. The number of benzene rings is 1. The third-order valence-corrected chi connectivity index (χ3v) is 3.10. The van der Waals surface area contributed by atoms with Crippen LogP contribution in [-0.2, 0) is 12.7 Å². The van der Waals surface area contributed by atoms with Crippen LogP contribution in [0.3, 0.4) is 0 Å². The minimum absolute atomic E-state index is 0.320. The van der Waals surface area contributed by atoms with Crippen LogP contribution in [0.4, 0.5) is 13.2 Å². The van der Waals surface area contributed by atoms with E-state index in [1.54, 1.807) is 0 Å². The number of hydrogen-bond acceptors (Lipinski definition) is 2. The lowest BCUT2D eigenvalue weighted by atomic mass is 10.1. The van der Waals surface area contributed by atoms with Gasteiger partial charge in [-0.3, -0.25) is 0 Å². The molecule has 6 heteroatoms. The molecular formula is C11H12ClF3N2. The monoisotopic (exact) mass is 264 g/mol. The van der Waals surface area contributed by atoms with Gasteiger partial charge in [0.15, 0.2) is 0 Å². The summed E-state index contributed by atoms with van der Waals surface area (Å²) >= 11 is 5.87. The zero-order valence-electron chi connectivity index (χ0n) is 8.94. The molecular weight excluding hydrogens is 253 g/mol. The number of nitrogens with one attached hydrogen (secondary N) is 2. The summed E-state index contributed by atoms with van der Waals surface area (Å²) in [5.41, 5.74) is -0.182. The molecule has 1 aromatic rings. The minimum atomic E-state index is -4.32. The molecule has 94 valence electrons. The lowest BCUT2D eigenvalue weighted by Crippen LogP contribution is -2.55. The lowest BCUT2D eigenvalue weighted by Gasteiger charge is -2.28. The quantitative estimate of drug-likeness (QED) is 0.876. The van der Waals surface area contributed by atoms with E-state index in [-0.39, 0.29) is 0 Å². The van der Waals surface area contributed by atoms with Crippen molar-refractivity contribution < 1.29 is 13.2 Å². The summed E-state index contributed by atoms with van der Waals surface area (Å²) in [6, 6.07) is 3.71. The van der Waals surface area contributed by atoms with E-state index in [9.17, 15) is 13.2 Å². The van der Waals surface area contributed by atoms with Crippen molar-refractivity contribution in [1.82, 2.24) is 10.6 Å². The Morgan fingerprint density at radius 1 is 1.35 bits per heavy atom. The summed E-state index contributed by atoms with van der Waals surface area (Å²) in [5.74, 6) is 0. The molecule has 0 atom stereocenters. The van der Waals surface area contributed by atoms with E-state index in [4.69, 9.17) is 11.6 Å². The number of rotatable bonds is 3. The Morgan fingerprint density at radius 2 is 2.06 bits per heavy atom. The summed E-state index contributed by atoms with van der Waals surface area (Å²) in [7, 11) is 0. The molecule has 1 aliphatic heterocycles. The first-order valence-corrected chi connectivity index (χ1v) is 5.64. The van der Waals surface area contributed by atoms with Crippen molar-refractivity contribution in [3.05, 3.63) is 34.3 Å². The van der Waals surface area contributed by atoms with E-state index in [1.165, 1.54) is 6.07 Å². The minimum Gasteiger partial charge on any atom is -0.314 e. The van der Waals surface area contributed by atoms with Crippen molar-refractivity contribution >= 4 is 11.6 Å². The van der Waals surface area contributed by atoms with Crippen molar-refractivity contribution in [3.63, 3.8) is 0 Å². The highest BCUT2D eigenvalue weighted by Gasteiger charge is 2.30. The molecule has 0 radical (unpaired) electrons. The standard InChI is InChI=1S/C11H12ClF3N2/c12-10-2-1-8(11(13,14)15)3-7(10)4-17-9-5-16-6-9/h1-3,9,16-17H,4-6H2. The Bertz CT molecular complexity index is 402. The second kappa shape index (κ2) is 4.84. The summed E-state index contributed by atoms with van der Waals surface area (Å²) in [6.07, 6.45) is -4.32. The molecule has 1 saturated heterocycles. The Hall–Kier alpha value is -0.780. The van der Waals surface area contributed by atoms with Crippen molar-refractivity contribution in [2.75, 3.05) is 13.1 Å². The van der Waals surface area contributed by atoms with Crippen LogP contribution < -0.4 is 10.6 Å². The van der Waals surface area contributed by atoms with E-state index in [2.05, 4.69) is 10.6 Å². The molecule has 1 aromatic carbocycles. The maximum atomic E-state index is 12.5. The Morgan fingerprint density at radius 3 is 2.59 bits per heavy atom. The highest BCUT2D eigenvalue weighted by atomic mass is 35.5. The highest BCUT2D eigenvalue weighted by Crippen LogP contribution is 2.31. The van der Waals surface area contributed by atoms with E-state index >= 15 is 0 Å². The zero-order chi connectivity index (χ0) is 12.5. The summed E-state index contributed by atoms with van der Waals surface area (Å²) in [6.45, 7) is 2.04. The normalized spacial score (nSPS) is 16.9. The van der Waals surface area contributed by atoms with Gasteiger partial charge in [-0.2, -0.15) is 13.2 Å². The highest BCUT2D eigenvalue weighted by molar-refractivity contribution is 6.31. The molecule has 1 fully saturated rings. The van der Waals surface area contributed by atoms with Crippen LogP contribution in [0, 0.1) is 0 Å². The van der Waals surface area contributed by atoms with Gasteiger partial charge in [-0.1, -0.05) is 11.6 Å². The molecule has 0 saturated carbocycles. The molecule has 1 heterocycles. The van der Waals surface area contributed by atoms with Gasteiger partial charge in [-0.05, 0) is 23.8 Å². The maximum Gasteiger partial charge on any atom is 0.416 e. The van der Waals surface area contributed by atoms with Gasteiger partial charge in [0.05, 0.1) is 5.56 Å². The average molecular weight is 265 g/mol. The molecule has 0 bridgehead atoms. The fraction of sp³-hybridized carbons (Fsp3) is 0.455. The Labute approximate surface area is 102 Å². The predicted octanol–water partition coefficient (Wildman–Crippen LogP) is 2.42. The van der Waals surface area contributed by atoms with Gasteiger partial charge in [-0.15, -0.1) is 0 Å². The molecule has 2 rings (SSSR count). The Balaban J connectivity index is 2.08. The smallest absolute Gasteiger partial charge is 0.314 e. The molecule has 0 aliphatic carbocycles. The third-order valence-electron chi connectivity index (χ3n) is 2.74. The third kappa shape index (κ3) is 3.12. The van der Waals surface area contributed by atoms with E-state index < -0.39 is 11.7 Å². The van der Waals surface area contributed by atoms with Gasteiger partial charge in [0, 0.05) is 30.7 Å². The molecule has 0 aromatic heterocycles. The lowest BCUT2D eigenvalue weighted by molar-refractivity contribution is -0.137. The van der Waals surface area contributed by atoms with Crippen LogP contribution in [0.25, 0.3) is 0 Å². The summed E-state index contributed by atoms with van der Waals surface area (Å²) in [5, 5.41) is 6.57. The number of alkyl halides is 3. The summed E-state index contributed by atoms with van der Waals surface area (Å²) < 4.78 is 37.5. The molecule has 0 unspecified atom stereocenters. The van der Waals surface area contributed by atoms with Crippen LogP contribution in [0.5, 0.6) is 0 Å².